The number of nitrogen functional groups attached to an aromatic ring is 1. The van der Waals surface area contributed by atoms with Gasteiger partial charge in [-0.15, -0.1) is 10.2 Å². The number of carbonyl (C=O) groups excluding carboxylic acids is 2. The van der Waals surface area contributed by atoms with Crippen LogP contribution in [0.15, 0.2) is 55.1 Å². The highest BCUT2D eigenvalue weighted by atomic mass is 16.3. The van der Waals surface area contributed by atoms with E-state index in [0.29, 0.717) is 46.6 Å². The van der Waals surface area contributed by atoms with Crippen LogP contribution in [0.5, 0.6) is 5.75 Å². The van der Waals surface area contributed by atoms with Gasteiger partial charge in [0.2, 0.25) is 5.82 Å². The quantitative estimate of drug-likeness (QED) is 0.277. The molecule has 41 heavy (non-hydrogen) atoms. The molecule has 7 rings (SSSR count). The summed E-state index contributed by atoms with van der Waals surface area (Å²) in [5, 5.41) is 22.9. The lowest BCUT2D eigenvalue weighted by Gasteiger charge is -2.38. The molecule has 5 aromatic rings. The van der Waals surface area contributed by atoms with E-state index >= 15 is 0 Å². The van der Waals surface area contributed by atoms with Gasteiger partial charge in [0, 0.05) is 40.9 Å². The summed E-state index contributed by atoms with van der Waals surface area (Å²) in [6.07, 6.45) is 7.72. The number of aromatic amines is 1. The Bertz CT molecular complexity index is 1790. The summed E-state index contributed by atoms with van der Waals surface area (Å²) in [5.74, 6) is 0.0478. The molecule has 0 saturated carbocycles. The van der Waals surface area contributed by atoms with Gasteiger partial charge in [0.05, 0.1) is 17.5 Å². The van der Waals surface area contributed by atoms with Crippen LogP contribution in [-0.2, 0) is 0 Å². The number of benzene rings is 1. The highest BCUT2D eigenvalue weighted by Crippen LogP contribution is 2.45. The molecule has 0 spiro atoms. The Hall–Kier alpha value is -5.13. The van der Waals surface area contributed by atoms with Crippen LogP contribution in [0.1, 0.15) is 65.2 Å². The molecule has 2 aliphatic rings. The molecule has 2 bridgehead atoms. The third-order valence-electron chi connectivity index (χ3n) is 8.26. The van der Waals surface area contributed by atoms with Gasteiger partial charge in [-0.1, -0.05) is 30.3 Å². The minimum atomic E-state index is -0.192. The fraction of sp³-hybridized carbons (Fsp3) is 0.276. The second-order valence-corrected chi connectivity index (χ2v) is 10.7. The Morgan fingerprint density at radius 1 is 1.07 bits per heavy atom. The number of H-pyrrole nitrogens is 1. The maximum Gasteiger partial charge on any atom is 0.292 e. The molecule has 2 fully saturated rings. The number of hydrogen-bond donors (Lipinski definition) is 3. The minimum Gasteiger partial charge on any atom is -0.506 e. The molecular weight excluding hydrogens is 522 g/mol. The molecule has 1 amide bonds. The number of carbonyl (C=O) groups is 2. The molecular formula is C29H27N9O3. The van der Waals surface area contributed by atoms with Gasteiger partial charge in [-0.2, -0.15) is 9.61 Å². The summed E-state index contributed by atoms with van der Waals surface area (Å²) >= 11 is 0. The predicted molar refractivity (Wildman–Crippen MR) is 149 cm³/mol. The third-order valence-corrected chi connectivity index (χ3v) is 8.26. The standard InChI is InChI=1S/C29H27N9O3/c1-15(39)23-25(17-9-19-7-8-20(10-17)37(19)29(41)27-32-14-33-36-27)35-28-21(13-34-38(28)26(23)30)18-11-22(40)24(31-12-18)16-5-3-2-4-6-16/h2-6,11-14,17,19-20,40H,7-10,30H2,1H3,(H,32,33,36)/t17-,19+,20-. The second-order valence-electron chi connectivity index (χ2n) is 10.7. The molecule has 206 valence electrons. The maximum atomic E-state index is 13.1. The maximum absolute atomic E-state index is 13.1. The first kappa shape index (κ1) is 24.9. The molecule has 3 atom stereocenters. The number of fused-ring (bicyclic) bond motifs is 3. The van der Waals surface area contributed by atoms with Crippen LogP contribution in [0.2, 0.25) is 0 Å². The van der Waals surface area contributed by atoms with Crippen molar-refractivity contribution in [2.45, 2.75) is 50.6 Å². The largest absolute Gasteiger partial charge is 0.506 e. The van der Waals surface area contributed by atoms with Gasteiger partial charge in [-0.05, 0) is 38.7 Å². The van der Waals surface area contributed by atoms with Gasteiger partial charge in [0.15, 0.2) is 11.4 Å². The van der Waals surface area contributed by atoms with E-state index in [1.165, 1.54) is 17.8 Å². The summed E-state index contributed by atoms with van der Waals surface area (Å²) < 4.78 is 1.47. The summed E-state index contributed by atoms with van der Waals surface area (Å²) in [7, 11) is 0. The number of piperidine rings is 1. The number of nitrogens with one attached hydrogen (secondary N) is 1. The molecule has 4 N–H and O–H groups in total. The number of hydrogen-bond acceptors (Lipinski definition) is 9. The normalized spacial score (nSPS) is 20.0. The van der Waals surface area contributed by atoms with E-state index < -0.39 is 0 Å². The highest BCUT2D eigenvalue weighted by Gasteiger charge is 2.45. The fourth-order valence-corrected chi connectivity index (χ4v) is 6.48. The van der Waals surface area contributed by atoms with E-state index in [2.05, 4.69) is 25.3 Å². The summed E-state index contributed by atoms with van der Waals surface area (Å²) in [6.45, 7) is 1.48. The molecule has 2 aliphatic heterocycles. The van der Waals surface area contributed by atoms with E-state index in [0.717, 1.165) is 18.4 Å². The Balaban J connectivity index is 1.28. The van der Waals surface area contributed by atoms with Gasteiger partial charge in [-0.3, -0.25) is 14.6 Å². The number of amides is 1. The third kappa shape index (κ3) is 4.01. The van der Waals surface area contributed by atoms with E-state index in [1.807, 2.05) is 35.2 Å². The SMILES string of the molecule is CC(=O)c1c([C@H]2C[C@H]3CC[C@@H](C2)N3C(=O)c2nnc[nH]2)nc2c(-c3cnc(-c4ccccc4)c(O)c3)cnn2c1N. The van der Waals surface area contributed by atoms with Crippen LogP contribution in [0, 0.1) is 0 Å². The van der Waals surface area contributed by atoms with E-state index in [9.17, 15) is 14.7 Å². The second kappa shape index (κ2) is 9.51. The van der Waals surface area contributed by atoms with Crippen molar-refractivity contribution in [2.24, 2.45) is 0 Å². The lowest BCUT2D eigenvalue weighted by Crippen LogP contribution is -2.46. The molecule has 0 radical (unpaired) electrons. The highest BCUT2D eigenvalue weighted by molar-refractivity contribution is 6.00. The van der Waals surface area contributed by atoms with Gasteiger partial charge in [0.1, 0.15) is 23.6 Å². The average Bonchev–Trinajstić information content (AvgIpc) is 3.71. The fourth-order valence-electron chi connectivity index (χ4n) is 6.48. The van der Waals surface area contributed by atoms with Gasteiger partial charge in [0.25, 0.3) is 5.91 Å². The Labute approximate surface area is 234 Å². The minimum absolute atomic E-state index is 0.00790. The van der Waals surface area contributed by atoms with Gasteiger partial charge < -0.3 is 20.7 Å². The Morgan fingerprint density at radius 2 is 1.83 bits per heavy atom. The van der Waals surface area contributed by atoms with Crippen molar-refractivity contribution in [3.63, 3.8) is 0 Å². The van der Waals surface area contributed by atoms with Crippen molar-refractivity contribution in [1.82, 2.24) is 39.7 Å². The van der Waals surface area contributed by atoms with Crippen molar-refractivity contribution in [3.8, 4) is 28.1 Å². The topological polar surface area (TPSA) is 168 Å². The number of ketones is 1. The number of aromatic nitrogens is 7. The summed E-state index contributed by atoms with van der Waals surface area (Å²) in [6, 6.07) is 11.1. The predicted octanol–water partition coefficient (Wildman–Crippen LogP) is 3.62. The number of pyridine rings is 1. The summed E-state index contributed by atoms with van der Waals surface area (Å²) in [4.78, 5) is 40.3. The first-order chi connectivity index (χ1) is 19.9. The summed E-state index contributed by atoms with van der Waals surface area (Å²) in [5.41, 5.74) is 10.5. The average molecular weight is 550 g/mol. The molecule has 1 aromatic carbocycles. The number of nitrogens with zero attached hydrogens (tertiary/aromatic N) is 7. The van der Waals surface area contributed by atoms with E-state index in [-0.39, 0.29) is 47.1 Å². The monoisotopic (exact) mass is 549 g/mol. The van der Waals surface area contributed by atoms with Crippen molar-refractivity contribution in [1.29, 1.82) is 0 Å². The molecule has 0 unspecified atom stereocenters. The van der Waals surface area contributed by atoms with Crippen molar-refractivity contribution in [3.05, 3.63) is 72.2 Å². The lowest BCUT2D eigenvalue weighted by molar-refractivity contribution is 0.0556. The first-order valence-corrected chi connectivity index (χ1v) is 13.5. The first-order valence-electron chi connectivity index (χ1n) is 13.5. The Kier molecular flexibility index (Phi) is 5.77. The van der Waals surface area contributed by atoms with Crippen LogP contribution in [0.4, 0.5) is 5.82 Å². The zero-order chi connectivity index (χ0) is 28.2. The number of nitrogens with two attached hydrogens (primary N) is 1. The molecule has 12 nitrogen and oxygen atoms in total. The van der Waals surface area contributed by atoms with Crippen molar-refractivity contribution < 1.29 is 14.7 Å². The lowest BCUT2D eigenvalue weighted by atomic mass is 9.85. The van der Waals surface area contributed by atoms with Gasteiger partial charge >= 0.3 is 0 Å². The number of anilines is 1. The molecule has 0 aliphatic carbocycles. The zero-order valence-electron chi connectivity index (χ0n) is 22.2. The van der Waals surface area contributed by atoms with Crippen LogP contribution < -0.4 is 5.73 Å². The van der Waals surface area contributed by atoms with E-state index in [1.54, 1.807) is 18.5 Å². The van der Waals surface area contributed by atoms with Crippen LogP contribution in [0.25, 0.3) is 28.0 Å². The smallest absolute Gasteiger partial charge is 0.292 e. The number of aromatic hydroxyl groups is 1. The molecule has 12 heteroatoms. The van der Waals surface area contributed by atoms with Crippen LogP contribution in [-0.4, -0.2) is 68.5 Å². The molecule has 2 saturated heterocycles. The van der Waals surface area contributed by atoms with Gasteiger partial charge in [-0.25, -0.2) is 4.98 Å². The number of Topliss-reactive ketones (excluding diaryl/α,β-unsaturated/α-hetero) is 1. The van der Waals surface area contributed by atoms with Crippen molar-refractivity contribution >= 4 is 23.2 Å². The zero-order valence-corrected chi connectivity index (χ0v) is 22.2. The number of rotatable bonds is 5. The van der Waals surface area contributed by atoms with E-state index in [4.69, 9.17) is 10.7 Å². The van der Waals surface area contributed by atoms with Crippen LogP contribution >= 0.6 is 0 Å². The van der Waals surface area contributed by atoms with Crippen molar-refractivity contribution in [2.75, 3.05) is 5.73 Å². The molecule has 6 heterocycles. The molecule has 4 aromatic heterocycles. The Morgan fingerprint density at radius 3 is 2.49 bits per heavy atom. The van der Waals surface area contributed by atoms with Crippen LogP contribution in [0.3, 0.4) is 0 Å².